The predicted molar refractivity (Wildman–Crippen MR) is 147 cm³/mol. The summed E-state index contributed by atoms with van der Waals surface area (Å²) in [6.07, 6.45) is -2.35. The van der Waals surface area contributed by atoms with Crippen LogP contribution in [-0.2, 0) is 30.6 Å². The number of carboxylic acids is 1. The van der Waals surface area contributed by atoms with E-state index in [9.17, 15) is 31.9 Å². The Morgan fingerprint density at radius 2 is 1.89 bits per heavy atom. The summed E-state index contributed by atoms with van der Waals surface area (Å²) < 4.78 is 80.3. The number of alkyl halides is 3. The molecule has 44 heavy (non-hydrogen) atoms. The van der Waals surface area contributed by atoms with Crippen LogP contribution in [0.5, 0.6) is 5.88 Å². The summed E-state index contributed by atoms with van der Waals surface area (Å²) in [6.45, 7) is 1.82. The van der Waals surface area contributed by atoms with E-state index in [1.807, 2.05) is 0 Å². The molecule has 0 saturated carbocycles. The summed E-state index contributed by atoms with van der Waals surface area (Å²) in [5, 5.41) is 15.6. The van der Waals surface area contributed by atoms with Gasteiger partial charge in [-0.15, -0.1) is 0 Å². The van der Waals surface area contributed by atoms with Crippen molar-refractivity contribution in [2.45, 2.75) is 38.4 Å². The third kappa shape index (κ3) is 6.13. The second kappa shape index (κ2) is 11.7. The highest BCUT2D eigenvalue weighted by Crippen LogP contribution is 2.31. The molecule has 0 unspecified atom stereocenters. The van der Waals surface area contributed by atoms with Crippen molar-refractivity contribution in [2.75, 3.05) is 24.6 Å². The van der Waals surface area contributed by atoms with E-state index in [1.54, 1.807) is 39.0 Å². The van der Waals surface area contributed by atoms with Crippen LogP contribution in [-0.4, -0.2) is 62.8 Å². The number of fused-ring (bicyclic) bond motifs is 1. The number of hydrogen-bond acceptors (Lipinski definition) is 8. The van der Waals surface area contributed by atoms with E-state index in [0.29, 0.717) is 49.5 Å². The van der Waals surface area contributed by atoms with Gasteiger partial charge in [0.2, 0.25) is 5.88 Å². The summed E-state index contributed by atoms with van der Waals surface area (Å²) in [5.41, 5.74) is -0.861. The van der Waals surface area contributed by atoms with Crippen molar-refractivity contribution >= 4 is 29.2 Å². The SMILES string of the molecule is O=C(O)c1cc(F)c2nc(CN3CCN(c4cccc(OCc5ccc(C(F)(F)F)cc5F)n4)C=N3)n(C[C@@H]3CCO3)c2c1. The van der Waals surface area contributed by atoms with Crippen molar-refractivity contribution in [3.05, 3.63) is 82.7 Å². The lowest BCUT2D eigenvalue weighted by Crippen LogP contribution is -2.38. The fourth-order valence-corrected chi connectivity index (χ4v) is 4.88. The number of aromatic carboxylic acids is 1. The molecule has 0 radical (unpaired) electrons. The van der Waals surface area contributed by atoms with E-state index in [4.69, 9.17) is 9.47 Å². The number of ether oxygens (including phenoxy) is 2. The molecule has 6 rings (SSSR count). The Balaban J connectivity index is 1.14. The Morgan fingerprint density at radius 1 is 1.07 bits per heavy atom. The summed E-state index contributed by atoms with van der Waals surface area (Å²) in [6, 6.07) is 9.54. The minimum Gasteiger partial charge on any atom is -0.478 e. The Kier molecular flexibility index (Phi) is 7.80. The summed E-state index contributed by atoms with van der Waals surface area (Å²) in [4.78, 5) is 22.2. The van der Waals surface area contributed by atoms with Crippen LogP contribution in [0, 0.1) is 11.6 Å². The average Bonchev–Trinajstić information content (AvgIpc) is 3.31. The lowest BCUT2D eigenvalue weighted by molar-refractivity contribution is -0.137. The molecular formula is C29H25F5N6O4. The van der Waals surface area contributed by atoms with Gasteiger partial charge in [-0.25, -0.2) is 18.6 Å². The maximum Gasteiger partial charge on any atom is 0.416 e. The Hall–Kier alpha value is -4.79. The van der Waals surface area contributed by atoms with Crippen molar-refractivity contribution in [3.63, 3.8) is 0 Å². The third-order valence-electron chi connectivity index (χ3n) is 7.35. The first-order valence-electron chi connectivity index (χ1n) is 13.6. The van der Waals surface area contributed by atoms with Gasteiger partial charge in [-0.2, -0.15) is 23.3 Å². The highest BCUT2D eigenvalue weighted by Gasteiger charge is 2.31. The van der Waals surface area contributed by atoms with Crippen LogP contribution in [0.3, 0.4) is 0 Å². The number of anilines is 1. The number of benzene rings is 2. The molecule has 2 aromatic heterocycles. The third-order valence-corrected chi connectivity index (χ3v) is 7.35. The highest BCUT2D eigenvalue weighted by atomic mass is 19.4. The quantitative estimate of drug-likeness (QED) is 0.260. The fourth-order valence-electron chi connectivity index (χ4n) is 4.88. The number of imidazole rings is 1. The van der Waals surface area contributed by atoms with Crippen molar-refractivity contribution in [1.29, 1.82) is 0 Å². The van der Waals surface area contributed by atoms with Crippen LogP contribution >= 0.6 is 0 Å². The molecule has 10 nitrogen and oxygen atoms in total. The van der Waals surface area contributed by atoms with Gasteiger partial charge in [0.25, 0.3) is 0 Å². The molecule has 230 valence electrons. The first kappa shape index (κ1) is 29.3. The van der Waals surface area contributed by atoms with Crippen molar-refractivity contribution in [3.8, 4) is 5.88 Å². The molecule has 2 aliphatic heterocycles. The molecule has 4 aromatic rings. The number of halogens is 5. The van der Waals surface area contributed by atoms with E-state index in [2.05, 4.69) is 15.1 Å². The number of carbonyl (C=O) groups is 1. The molecule has 15 heteroatoms. The minimum atomic E-state index is -4.65. The Morgan fingerprint density at radius 3 is 2.55 bits per heavy atom. The van der Waals surface area contributed by atoms with E-state index in [-0.39, 0.29) is 41.8 Å². The predicted octanol–water partition coefficient (Wildman–Crippen LogP) is 5.06. The zero-order chi connectivity index (χ0) is 31.0. The van der Waals surface area contributed by atoms with E-state index in [1.165, 1.54) is 6.07 Å². The second-order valence-corrected chi connectivity index (χ2v) is 10.3. The van der Waals surface area contributed by atoms with Gasteiger partial charge in [0, 0.05) is 24.8 Å². The number of carboxylic acid groups (broad SMARTS) is 1. The molecule has 2 aliphatic rings. The van der Waals surface area contributed by atoms with Gasteiger partial charge in [-0.1, -0.05) is 12.1 Å². The van der Waals surface area contributed by atoms with Gasteiger partial charge in [0.05, 0.1) is 42.4 Å². The average molecular weight is 617 g/mol. The molecule has 0 aliphatic carbocycles. The van der Waals surface area contributed by atoms with Gasteiger partial charge >= 0.3 is 12.1 Å². The number of hydrazone groups is 1. The van der Waals surface area contributed by atoms with Crippen LogP contribution in [0.4, 0.5) is 27.8 Å². The number of rotatable bonds is 9. The summed E-state index contributed by atoms with van der Waals surface area (Å²) >= 11 is 0. The van der Waals surface area contributed by atoms with E-state index < -0.39 is 29.3 Å². The number of aromatic nitrogens is 3. The van der Waals surface area contributed by atoms with Crippen molar-refractivity contribution in [2.24, 2.45) is 5.10 Å². The van der Waals surface area contributed by atoms with Crippen LogP contribution < -0.4 is 9.64 Å². The standard InChI is InChI=1S/C29H25F5N6O4/c30-21-12-19(29(32,33)34)5-4-17(21)15-44-26-3-1-2-24(36-26)38-7-8-39(35-16-38)14-25-37-27-22(31)10-18(28(41)42)11-23(27)40(25)13-20-6-9-43-20/h1-5,10-12,16,20H,6-9,13-15H2,(H,41,42)/t20-/m0/s1. The fraction of sp³-hybridized carbons (Fsp3) is 0.310. The van der Waals surface area contributed by atoms with Crippen molar-refractivity contribution in [1.82, 2.24) is 19.5 Å². The van der Waals surface area contributed by atoms with Crippen LogP contribution in [0.25, 0.3) is 11.0 Å². The van der Waals surface area contributed by atoms with Gasteiger partial charge in [-0.3, -0.25) is 5.01 Å². The molecule has 0 spiro atoms. The van der Waals surface area contributed by atoms with Gasteiger partial charge in [-0.05, 0) is 36.8 Å². The molecule has 0 amide bonds. The largest absolute Gasteiger partial charge is 0.478 e. The van der Waals surface area contributed by atoms with Crippen LogP contribution in [0.2, 0.25) is 0 Å². The molecule has 1 fully saturated rings. The second-order valence-electron chi connectivity index (χ2n) is 10.3. The normalized spacial score (nSPS) is 16.8. The molecular weight excluding hydrogens is 591 g/mol. The maximum absolute atomic E-state index is 14.8. The van der Waals surface area contributed by atoms with Gasteiger partial charge in [0.15, 0.2) is 5.82 Å². The molecule has 4 heterocycles. The molecule has 1 atom stereocenters. The number of nitrogens with zero attached hydrogens (tertiary/aromatic N) is 6. The smallest absolute Gasteiger partial charge is 0.416 e. The maximum atomic E-state index is 14.8. The molecule has 1 N–H and O–H groups in total. The lowest BCUT2D eigenvalue weighted by Gasteiger charge is -2.30. The van der Waals surface area contributed by atoms with Gasteiger partial charge in [0.1, 0.15) is 35.9 Å². The summed E-state index contributed by atoms with van der Waals surface area (Å²) in [7, 11) is 0. The minimum absolute atomic E-state index is 0.0469. The van der Waals surface area contributed by atoms with Crippen molar-refractivity contribution < 1.29 is 41.3 Å². The number of hydrogen-bond donors (Lipinski definition) is 1. The zero-order valence-corrected chi connectivity index (χ0v) is 23.0. The first-order valence-corrected chi connectivity index (χ1v) is 13.6. The molecule has 1 saturated heterocycles. The zero-order valence-electron chi connectivity index (χ0n) is 23.0. The monoisotopic (exact) mass is 616 g/mol. The molecule has 0 bridgehead atoms. The topological polar surface area (TPSA) is 105 Å². The number of pyridine rings is 1. The Bertz CT molecular complexity index is 1740. The Labute approximate surface area is 246 Å². The van der Waals surface area contributed by atoms with Crippen LogP contribution in [0.15, 0.2) is 53.6 Å². The van der Waals surface area contributed by atoms with E-state index >= 15 is 0 Å². The first-order chi connectivity index (χ1) is 21.0. The highest BCUT2D eigenvalue weighted by molar-refractivity contribution is 5.92. The van der Waals surface area contributed by atoms with Gasteiger partial charge < -0.3 is 24.0 Å². The lowest BCUT2D eigenvalue weighted by atomic mass is 10.1. The van der Waals surface area contributed by atoms with E-state index in [0.717, 1.165) is 24.6 Å². The van der Waals surface area contributed by atoms with Crippen LogP contribution in [0.1, 0.15) is 33.7 Å². The summed E-state index contributed by atoms with van der Waals surface area (Å²) in [5.74, 6) is -1.86. The molecule has 2 aromatic carbocycles.